The van der Waals surface area contributed by atoms with Crippen LogP contribution in [-0.4, -0.2) is 47.7 Å². The number of ether oxygens (including phenoxy) is 1. The van der Waals surface area contributed by atoms with Crippen molar-refractivity contribution >= 4 is 11.9 Å². The molecule has 1 aromatic rings. The van der Waals surface area contributed by atoms with Crippen LogP contribution < -0.4 is 0 Å². The Morgan fingerprint density at radius 2 is 2.14 bits per heavy atom. The summed E-state index contributed by atoms with van der Waals surface area (Å²) >= 11 is 0. The predicted octanol–water partition coefficient (Wildman–Crippen LogP) is 1.21. The number of hydrogen-bond donors (Lipinski definition) is 1. The van der Waals surface area contributed by atoms with Crippen molar-refractivity contribution in [3.05, 3.63) is 35.4 Å². The molecule has 1 aromatic carbocycles. The summed E-state index contributed by atoms with van der Waals surface area (Å²) in [5.41, 5.74) is 0.100. The monoisotopic (exact) mass is 299 g/mol. The van der Waals surface area contributed by atoms with Crippen LogP contribution in [0.4, 0.5) is 8.78 Å². The Hall–Kier alpha value is -2.02. The second-order valence-corrected chi connectivity index (χ2v) is 4.73. The molecule has 1 amide bonds. The maximum atomic E-state index is 13.5. The largest absolute Gasteiger partial charge is 0.480 e. The lowest BCUT2D eigenvalue weighted by atomic mass is 10.1. The Bertz CT molecular complexity index is 550. The molecule has 0 saturated carbocycles. The van der Waals surface area contributed by atoms with Crippen LogP contribution in [0.25, 0.3) is 0 Å². The summed E-state index contributed by atoms with van der Waals surface area (Å²) in [6.07, 6.45) is -0.0592. The molecule has 0 bridgehead atoms. The van der Waals surface area contributed by atoms with Crippen molar-refractivity contribution in [1.82, 2.24) is 4.90 Å². The third-order valence-electron chi connectivity index (χ3n) is 3.37. The average molecular weight is 299 g/mol. The van der Waals surface area contributed by atoms with E-state index in [0.717, 1.165) is 6.07 Å². The number of rotatable bonds is 4. The van der Waals surface area contributed by atoms with Crippen LogP contribution in [0.1, 0.15) is 12.0 Å². The van der Waals surface area contributed by atoms with Gasteiger partial charge in [0.15, 0.2) is 17.7 Å². The Morgan fingerprint density at radius 1 is 1.38 bits per heavy atom. The van der Waals surface area contributed by atoms with Gasteiger partial charge >= 0.3 is 5.97 Å². The van der Waals surface area contributed by atoms with Crippen LogP contribution in [0.2, 0.25) is 0 Å². The number of aryl methyl sites for hydroxylation is 1. The van der Waals surface area contributed by atoms with Crippen molar-refractivity contribution in [2.24, 2.45) is 0 Å². The number of aliphatic carboxylic acids is 1. The van der Waals surface area contributed by atoms with E-state index in [1.54, 1.807) is 0 Å². The highest BCUT2D eigenvalue weighted by atomic mass is 19.2. The highest BCUT2D eigenvalue weighted by Crippen LogP contribution is 2.15. The summed E-state index contributed by atoms with van der Waals surface area (Å²) in [5.74, 6) is -3.48. The van der Waals surface area contributed by atoms with Gasteiger partial charge in [-0.2, -0.15) is 0 Å². The van der Waals surface area contributed by atoms with Gasteiger partial charge in [0, 0.05) is 13.0 Å². The van der Waals surface area contributed by atoms with Crippen LogP contribution in [0.15, 0.2) is 18.2 Å². The third kappa shape index (κ3) is 3.55. The molecule has 21 heavy (non-hydrogen) atoms. The lowest BCUT2D eigenvalue weighted by Gasteiger charge is -2.32. The molecule has 1 aliphatic heterocycles. The van der Waals surface area contributed by atoms with E-state index >= 15 is 0 Å². The number of carbonyl (C=O) groups excluding carboxylic acids is 1. The molecule has 1 fully saturated rings. The predicted molar refractivity (Wildman–Crippen MR) is 68.6 cm³/mol. The Labute approximate surface area is 120 Å². The standard InChI is InChI=1S/C14H15F2NO4/c15-10-3-1-2-9(13(10)16)4-5-12(18)17-6-7-21-8-11(17)14(19)20/h1-3,11H,4-8H2,(H,19,20)/t11-/m0/s1. The lowest BCUT2D eigenvalue weighted by Crippen LogP contribution is -2.52. The molecule has 1 heterocycles. The molecule has 1 saturated heterocycles. The van der Waals surface area contributed by atoms with E-state index < -0.39 is 29.6 Å². The summed E-state index contributed by atoms with van der Waals surface area (Å²) < 4.78 is 31.6. The highest BCUT2D eigenvalue weighted by molar-refractivity contribution is 5.84. The maximum absolute atomic E-state index is 13.5. The van der Waals surface area contributed by atoms with Crippen LogP contribution in [0.5, 0.6) is 0 Å². The smallest absolute Gasteiger partial charge is 0.328 e. The minimum absolute atomic E-state index is 0.0200. The molecule has 2 rings (SSSR count). The number of hydrogen-bond acceptors (Lipinski definition) is 3. The van der Waals surface area contributed by atoms with Crippen LogP contribution in [0.3, 0.4) is 0 Å². The average Bonchev–Trinajstić information content (AvgIpc) is 2.48. The second kappa shape index (κ2) is 6.62. The third-order valence-corrected chi connectivity index (χ3v) is 3.37. The fraction of sp³-hybridized carbons (Fsp3) is 0.429. The number of nitrogens with zero attached hydrogens (tertiary/aromatic N) is 1. The van der Waals surface area contributed by atoms with E-state index in [4.69, 9.17) is 9.84 Å². The first-order valence-electron chi connectivity index (χ1n) is 6.53. The minimum Gasteiger partial charge on any atom is -0.480 e. The van der Waals surface area contributed by atoms with Gasteiger partial charge in [0.25, 0.3) is 0 Å². The quantitative estimate of drug-likeness (QED) is 0.907. The molecular weight excluding hydrogens is 284 g/mol. The van der Waals surface area contributed by atoms with Gasteiger partial charge in [-0.25, -0.2) is 13.6 Å². The molecule has 114 valence electrons. The van der Waals surface area contributed by atoms with Crippen LogP contribution >= 0.6 is 0 Å². The zero-order valence-electron chi connectivity index (χ0n) is 11.2. The van der Waals surface area contributed by atoms with E-state index in [0.29, 0.717) is 0 Å². The molecule has 1 atom stereocenters. The minimum atomic E-state index is -1.14. The summed E-state index contributed by atoms with van der Waals surface area (Å²) in [4.78, 5) is 24.3. The molecule has 0 aliphatic carbocycles. The maximum Gasteiger partial charge on any atom is 0.328 e. The second-order valence-electron chi connectivity index (χ2n) is 4.73. The van der Waals surface area contributed by atoms with Gasteiger partial charge in [-0.15, -0.1) is 0 Å². The molecule has 0 radical (unpaired) electrons. The summed E-state index contributed by atoms with van der Waals surface area (Å²) in [6, 6.07) is 2.75. The zero-order chi connectivity index (χ0) is 15.4. The van der Waals surface area contributed by atoms with Gasteiger partial charge < -0.3 is 14.7 Å². The zero-order valence-corrected chi connectivity index (χ0v) is 11.2. The Morgan fingerprint density at radius 3 is 2.86 bits per heavy atom. The van der Waals surface area contributed by atoms with Gasteiger partial charge in [0.1, 0.15) is 0 Å². The number of carboxylic acid groups (broad SMARTS) is 1. The molecule has 0 spiro atoms. The van der Waals surface area contributed by atoms with Crippen molar-refractivity contribution in [3.63, 3.8) is 0 Å². The molecule has 5 nitrogen and oxygen atoms in total. The number of morpholine rings is 1. The van der Waals surface area contributed by atoms with Crippen molar-refractivity contribution in [1.29, 1.82) is 0 Å². The number of carbonyl (C=O) groups is 2. The first kappa shape index (κ1) is 15.4. The highest BCUT2D eigenvalue weighted by Gasteiger charge is 2.32. The normalized spacial score (nSPS) is 18.6. The van der Waals surface area contributed by atoms with Gasteiger partial charge in [0.05, 0.1) is 13.2 Å². The fourth-order valence-electron chi connectivity index (χ4n) is 2.23. The van der Waals surface area contributed by atoms with E-state index in [-0.39, 0.29) is 38.2 Å². The van der Waals surface area contributed by atoms with Crippen LogP contribution in [-0.2, 0) is 20.7 Å². The molecule has 0 aromatic heterocycles. The Kier molecular flexibility index (Phi) is 4.85. The van der Waals surface area contributed by atoms with Gasteiger partial charge in [0.2, 0.25) is 5.91 Å². The molecule has 1 aliphatic rings. The van der Waals surface area contributed by atoms with E-state index in [1.807, 2.05) is 0 Å². The summed E-state index contributed by atoms with van der Waals surface area (Å²) in [6.45, 7) is 0.390. The summed E-state index contributed by atoms with van der Waals surface area (Å²) in [5, 5.41) is 9.04. The first-order chi connectivity index (χ1) is 10.0. The molecule has 0 unspecified atom stereocenters. The fourth-order valence-corrected chi connectivity index (χ4v) is 2.23. The van der Waals surface area contributed by atoms with Gasteiger partial charge in [-0.1, -0.05) is 12.1 Å². The number of halogens is 2. The van der Waals surface area contributed by atoms with Gasteiger partial charge in [-0.05, 0) is 18.1 Å². The molecular formula is C14H15F2NO4. The van der Waals surface area contributed by atoms with Gasteiger partial charge in [-0.3, -0.25) is 4.79 Å². The molecule has 7 heteroatoms. The molecule has 1 N–H and O–H groups in total. The summed E-state index contributed by atoms with van der Waals surface area (Å²) in [7, 11) is 0. The van der Waals surface area contributed by atoms with Crippen molar-refractivity contribution < 1.29 is 28.2 Å². The SMILES string of the molecule is O=C(O)[C@@H]1COCCN1C(=O)CCc1cccc(F)c1F. The number of amides is 1. The number of benzene rings is 1. The number of carboxylic acids is 1. The first-order valence-corrected chi connectivity index (χ1v) is 6.53. The van der Waals surface area contributed by atoms with Crippen molar-refractivity contribution in [2.75, 3.05) is 19.8 Å². The lowest BCUT2D eigenvalue weighted by molar-refractivity contribution is -0.158. The van der Waals surface area contributed by atoms with Crippen molar-refractivity contribution in [2.45, 2.75) is 18.9 Å². The van der Waals surface area contributed by atoms with E-state index in [2.05, 4.69) is 0 Å². The van der Waals surface area contributed by atoms with Crippen molar-refractivity contribution in [3.8, 4) is 0 Å². The topological polar surface area (TPSA) is 66.8 Å². The Balaban J connectivity index is 2.00. The van der Waals surface area contributed by atoms with E-state index in [9.17, 15) is 18.4 Å². The van der Waals surface area contributed by atoms with E-state index in [1.165, 1.54) is 17.0 Å². The van der Waals surface area contributed by atoms with Crippen LogP contribution in [0, 0.1) is 11.6 Å².